The van der Waals surface area contributed by atoms with Gasteiger partial charge in [0, 0.05) is 46.5 Å². The number of aliphatic imine (C=N–C) groups is 1. The van der Waals surface area contributed by atoms with E-state index in [2.05, 4.69) is 53.6 Å². The lowest BCUT2D eigenvalue weighted by atomic mass is 10.2. The number of guanidine groups is 1. The number of hydrogen-bond acceptors (Lipinski definition) is 3. The van der Waals surface area contributed by atoms with Crippen molar-refractivity contribution in [3.8, 4) is 0 Å². The van der Waals surface area contributed by atoms with Crippen molar-refractivity contribution in [2.75, 3.05) is 52.2 Å². The van der Waals surface area contributed by atoms with E-state index in [-0.39, 0.29) is 12.5 Å². The zero-order chi connectivity index (χ0) is 18.7. The average Bonchev–Trinajstić information content (AvgIpc) is 2.60. The summed E-state index contributed by atoms with van der Waals surface area (Å²) in [5, 5.41) is 6.61. The van der Waals surface area contributed by atoms with Gasteiger partial charge in [0.1, 0.15) is 6.54 Å². The zero-order valence-corrected chi connectivity index (χ0v) is 16.2. The van der Waals surface area contributed by atoms with Gasteiger partial charge in [-0.15, -0.1) is 0 Å². The van der Waals surface area contributed by atoms with Crippen LogP contribution in [0.5, 0.6) is 0 Å². The molecule has 1 amide bonds. The highest BCUT2D eigenvalue weighted by atomic mass is 16.2. The van der Waals surface area contributed by atoms with E-state index in [0.29, 0.717) is 11.9 Å². The molecule has 0 aliphatic rings. The fraction of sp³-hybridized carbons (Fsp3) is 0.579. The van der Waals surface area contributed by atoms with Crippen LogP contribution in [-0.2, 0) is 4.79 Å². The fourth-order valence-electron chi connectivity index (χ4n) is 2.10. The number of amides is 1. The number of carbonyl (C=O) groups excluding carboxylic acids is 1. The Balaban J connectivity index is 2.43. The summed E-state index contributed by atoms with van der Waals surface area (Å²) in [7, 11) is 5.58. The van der Waals surface area contributed by atoms with Crippen molar-refractivity contribution >= 4 is 17.6 Å². The van der Waals surface area contributed by atoms with Gasteiger partial charge in [-0.25, -0.2) is 4.99 Å². The Kier molecular flexibility index (Phi) is 9.43. The summed E-state index contributed by atoms with van der Waals surface area (Å²) in [6.07, 6.45) is 0.982. The maximum absolute atomic E-state index is 11.7. The third-order valence-electron chi connectivity index (χ3n) is 3.71. The van der Waals surface area contributed by atoms with Gasteiger partial charge in [-0.1, -0.05) is 32.0 Å². The van der Waals surface area contributed by atoms with E-state index in [1.54, 1.807) is 19.0 Å². The van der Waals surface area contributed by atoms with Crippen LogP contribution in [0.2, 0.25) is 0 Å². The molecule has 0 unspecified atom stereocenters. The molecule has 0 radical (unpaired) electrons. The Morgan fingerprint density at radius 2 is 1.80 bits per heavy atom. The highest BCUT2D eigenvalue weighted by Gasteiger charge is 2.05. The lowest BCUT2D eigenvalue weighted by Gasteiger charge is -2.20. The molecule has 6 nitrogen and oxygen atoms in total. The number of rotatable bonds is 9. The zero-order valence-electron chi connectivity index (χ0n) is 16.2. The summed E-state index contributed by atoms with van der Waals surface area (Å²) in [4.78, 5) is 19.9. The van der Waals surface area contributed by atoms with Crippen LogP contribution in [0.15, 0.2) is 35.3 Å². The minimum absolute atomic E-state index is 0.00513. The predicted octanol–water partition coefficient (Wildman–Crippen LogP) is 1.79. The van der Waals surface area contributed by atoms with Gasteiger partial charge in [0.25, 0.3) is 0 Å². The third-order valence-corrected chi connectivity index (χ3v) is 3.71. The van der Waals surface area contributed by atoms with Gasteiger partial charge in [-0.2, -0.15) is 0 Å². The van der Waals surface area contributed by atoms with Gasteiger partial charge in [-0.3, -0.25) is 4.79 Å². The normalized spacial score (nSPS) is 11.4. The van der Waals surface area contributed by atoms with Crippen molar-refractivity contribution in [3.63, 3.8) is 0 Å². The molecular formula is C19H33N5O. The number of nitrogens with zero attached hydrogens (tertiary/aromatic N) is 3. The van der Waals surface area contributed by atoms with E-state index in [0.717, 1.165) is 26.1 Å². The molecular weight excluding hydrogens is 314 g/mol. The number of hydrogen-bond donors (Lipinski definition) is 2. The number of carbonyl (C=O) groups is 1. The molecule has 0 heterocycles. The summed E-state index contributed by atoms with van der Waals surface area (Å²) >= 11 is 0. The van der Waals surface area contributed by atoms with Crippen molar-refractivity contribution in [3.05, 3.63) is 30.3 Å². The Bertz CT molecular complexity index is 528. The van der Waals surface area contributed by atoms with E-state index in [1.165, 1.54) is 5.69 Å². The van der Waals surface area contributed by atoms with Crippen molar-refractivity contribution in [1.82, 2.24) is 15.5 Å². The first-order valence-electron chi connectivity index (χ1n) is 8.88. The summed E-state index contributed by atoms with van der Waals surface area (Å²) in [5.74, 6) is 1.21. The summed E-state index contributed by atoms with van der Waals surface area (Å²) in [6, 6.07) is 10.3. The minimum Gasteiger partial charge on any atom is -0.375 e. The standard InChI is InChI=1S/C19H33N5O/c1-16(2)14-21-19(22-15-18(25)23(3)4)20-12-9-13-24(5)17-10-7-6-8-11-17/h6-8,10-11,16H,9,12-15H2,1-5H3,(H2,20,21,22). The molecule has 0 aliphatic carbocycles. The fourth-order valence-corrected chi connectivity index (χ4v) is 2.10. The molecule has 140 valence electrons. The monoisotopic (exact) mass is 347 g/mol. The molecule has 1 aromatic rings. The molecule has 0 spiro atoms. The molecule has 0 atom stereocenters. The smallest absolute Gasteiger partial charge is 0.243 e. The highest BCUT2D eigenvalue weighted by Crippen LogP contribution is 2.10. The van der Waals surface area contributed by atoms with Crippen molar-refractivity contribution in [2.45, 2.75) is 20.3 Å². The summed E-state index contributed by atoms with van der Waals surface area (Å²) in [5.41, 5.74) is 1.21. The largest absolute Gasteiger partial charge is 0.375 e. The molecule has 0 bridgehead atoms. The molecule has 0 aromatic heterocycles. The Morgan fingerprint density at radius 3 is 2.40 bits per heavy atom. The number of nitrogens with one attached hydrogen (secondary N) is 2. The van der Waals surface area contributed by atoms with Crippen molar-refractivity contribution < 1.29 is 4.79 Å². The molecule has 1 rings (SSSR count). The topological polar surface area (TPSA) is 60.0 Å². The van der Waals surface area contributed by atoms with Crippen LogP contribution < -0.4 is 15.5 Å². The maximum atomic E-state index is 11.7. The van der Waals surface area contributed by atoms with Crippen LogP contribution in [0.3, 0.4) is 0 Å². The van der Waals surface area contributed by atoms with Crippen LogP contribution in [-0.4, -0.2) is 64.1 Å². The lowest BCUT2D eigenvalue weighted by Crippen LogP contribution is -2.41. The van der Waals surface area contributed by atoms with E-state index in [9.17, 15) is 4.79 Å². The average molecular weight is 348 g/mol. The summed E-state index contributed by atoms with van der Waals surface area (Å²) in [6.45, 7) is 7.02. The molecule has 0 saturated heterocycles. The SMILES string of the molecule is CC(C)CNC(=NCC(=O)N(C)C)NCCCN(C)c1ccccc1. The van der Waals surface area contributed by atoms with E-state index in [4.69, 9.17) is 0 Å². The molecule has 0 saturated carbocycles. The first-order valence-corrected chi connectivity index (χ1v) is 8.88. The van der Waals surface area contributed by atoms with Crippen LogP contribution in [0, 0.1) is 5.92 Å². The van der Waals surface area contributed by atoms with Crippen molar-refractivity contribution in [1.29, 1.82) is 0 Å². The Hall–Kier alpha value is -2.24. The second kappa shape index (κ2) is 11.3. The van der Waals surface area contributed by atoms with Crippen LogP contribution in [0.25, 0.3) is 0 Å². The van der Waals surface area contributed by atoms with Crippen LogP contribution >= 0.6 is 0 Å². The molecule has 6 heteroatoms. The Morgan fingerprint density at radius 1 is 1.12 bits per heavy atom. The van der Waals surface area contributed by atoms with E-state index >= 15 is 0 Å². The quantitative estimate of drug-likeness (QED) is 0.406. The summed E-state index contributed by atoms with van der Waals surface area (Å²) < 4.78 is 0. The number of likely N-dealkylation sites (N-methyl/N-ethyl adjacent to an activating group) is 1. The number of benzene rings is 1. The van der Waals surface area contributed by atoms with Gasteiger partial charge < -0.3 is 20.4 Å². The van der Waals surface area contributed by atoms with Gasteiger partial charge in [-0.05, 0) is 24.5 Å². The molecule has 25 heavy (non-hydrogen) atoms. The second-order valence-electron chi connectivity index (χ2n) is 6.77. The maximum Gasteiger partial charge on any atom is 0.243 e. The highest BCUT2D eigenvalue weighted by molar-refractivity contribution is 5.84. The van der Waals surface area contributed by atoms with Gasteiger partial charge in [0.05, 0.1) is 0 Å². The van der Waals surface area contributed by atoms with Crippen molar-refractivity contribution in [2.24, 2.45) is 10.9 Å². The van der Waals surface area contributed by atoms with Gasteiger partial charge in [0.15, 0.2) is 5.96 Å². The first-order chi connectivity index (χ1) is 11.9. The second-order valence-corrected chi connectivity index (χ2v) is 6.77. The molecule has 2 N–H and O–H groups in total. The Labute approximate surface area is 152 Å². The molecule has 0 aliphatic heterocycles. The van der Waals surface area contributed by atoms with E-state index in [1.807, 2.05) is 18.2 Å². The van der Waals surface area contributed by atoms with Crippen LogP contribution in [0.1, 0.15) is 20.3 Å². The minimum atomic E-state index is -0.00513. The van der Waals surface area contributed by atoms with E-state index < -0.39 is 0 Å². The predicted molar refractivity (Wildman–Crippen MR) is 106 cm³/mol. The number of para-hydroxylation sites is 1. The molecule has 0 fully saturated rings. The lowest BCUT2D eigenvalue weighted by molar-refractivity contribution is -0.127. The third kappa shape index (κ3) is 8.98. The van der Waals surface area contributed by atoms with Gasteiger partial charge >= 0.3 is 0 Å². The number of anilines is 1. The first kappa shape index (κ1) is 20.8. The molecule has 1 aromatic carbocycles. The van der Waals surface area contributed by atoms with Gasteiger partial charge in [0.2, 0.25) is 5.91 Å². The van der Waals surface area contributed by atoms with Crippen LogP contribution in [0.4, 0.5) is 5.69 Å².